The van der Waals surface area contributed by atoms with Crippen molar-refractivity contribution in [2.45, 2.75) is 43.9 Å². The van der Waals surface area contributed by atoms with Crippen LogP contribution in [0.4, 0.5) is 0 Å². The lowest BCUT2D eigenvalue weighted by atomic mass is 10.0. The number of nitrogens with one attached hydrogen (secondary N) is 3. The number of nitrogens with two attached hydrogens (primary N) is 2. The fraction of sp³-hybridized carbons (Fsp3) is 0.370. The Morgan fingerprint density at radius 1 is 0.875 bits per heavy atom. The Labute approximate surface area is 231 Å². The van der Waals surface area contributed by atoms with Crippen molar-refractivity contribution in [2.75, 3.05) is 20.2 Å². The zero-order valence-electron chi connectivity index (χ0n) is 22.4. The van der Waals surface area contributed by atoms with E-state index in [1.54, 1.807) is 42.5 Å². The van der Waals surface area contributed by atoms with Gasteiger partial charge in [-0.1, -0.05) is 42.5 Å². The molecule has 2 rings (SSSR count). The van der Waals surface area contributed by atoms with Gasteiger partial charge in [-0.2, -0.15) is 0 Å². The predicted molar refractivity (Wildman–Crippen MR) is 145 cm³/mol. The number of carbonyl (C=O) groups is 5. The molecule has 40 heavy (non-hydrogen) atoms. The topological polar surface area (TPSA) is 217 Å². The Balaban J connectivity index is 1.97. The number of benzene rings is 2. The second-order valence-electron chi connectivity index (χ2n) is 9.28. The van der Waals surface area contributed by atoms with Crippen LogP contribution >= 0.6 is 0 Å². The van der Waals surface area contributed by atoms with Crippen LogP contribution in [-0.4, -0.2) is 89.0 Å². The lowest BCUT2D eigenvalue weighted by Crippen LogP contribution is -2.56. The predicted octanol–water partition coefficient (Wildman–Crippen LogP) is -2.08. The third-order valence-corrected chi connectivity index (χ3v) is 6.17. The monoisotopic (exact) mass is 556 g/mol. The van der Waals surface area contributed by atoms with Crippen molar-refractivity contribution in [3.8, 4) is 5.75 Å². The summed E-state index contributed by atoms with van der Waals surface area (Å²) >= 11 is 0. The van der Waals surface area contributed by atoms with Crippen molar-refractivity contribution in [1.29, 1.82) is 0 Å². The highest BCUT2D eigenvalue weighted by Gasteiger charge is 2.30. The number of nitrogens with zero attached hydrogens (tertiary/aromatic N) is 1. The van der Waals surface area contributed by atoms with Crippen LogP contribution < -0.4 is 27.4 Å². The van der Waals surface area contributed by atoms with E-state index >= 15 is 0 Å². The number of likely N-dealkylation sites (N-methyl/N-ethyl adjacent to an activating group) is 1. The zero-order valence-corrected chi connectivity index (χ0v) is 22.4. The van der Waals surface area contributed by atoms with E-state index in [1.807, 2.05) is 0 Å². The second kappa shape index (κ2) is 15.2. The molecule has 0 fully saturated rings. The summed E-state index contributed by atoms with van der Waals surface area (Å²) in [4.78, 5) is 63.5. The molecule has 0 aliphatic carbocycles. The Bertz CT molecular complexity index is 1180. The molecular formula is C27H36N6O7. The van der Waals surface area contributed by atoms with E-state index in [4.69, 9.17) is 11.5 Å². The highest BCUT2D eigenvalue weighted by atomic mass is 16.3. The summed E-state index contributed by atoms with van der Waals surface area (Å²) in [5.41, 5.74) is 12.6. The van der Waals surface area contributed by atoms with E-state index in [2.05, 4.69) is 16.0 Å². The maximum Gasteiger partial charge on any atom is 0.243 e. The van der Waals surface area contributed by atoms with Gasteiger partial charge in [0, 0.05) is 13.5 Å². The van der Waals surface area contributed by atoms with Crippen molar-refractivity contribution < 1.29 is 34.2 Å². The van der Waals surface area contributed by atoms with Crippen molar-refractivity contribution >= 4 is 29.5 Å². The molecule has 0 saturated heterocycles. The minimum atomic E-state index is -1.33. The number of carbonyl (C=O) groups excluding carboxylic acids is 5. The smallest absolute Gasteiger partial charge is 0.243 e. The molecule has 0 saturated carbocycles. The van der Waals surface area contributed by atoms with Gasteiger partial charge in [0.2, 0.25) is 29.5 Å². The highest BCUT2D eigenvalue weighted by Crippen LogP contribution is 2.11. The highest BCUT2D eigenvalue weighted by molar-refractivity contribution is 5.94. The van der Waals surface area contributed by atoms with Crippen molar-refractivity contribution in [3.63, 3.8) is 0 Å². The fourth-order valence-electron chi connectivity index (χ4n) is 3.70. The number of phenolic OH excluding ortho intramolecular Hbond substituents is 1. The summed E-state index contributed by atoms with van der Waals surface area (Å²) in [6, 6.07) is 10.6. The lowest BCUT2D eigenvalue weighted by Gasteiger charge is -2.29. The van der Waals surface area contributed by atoms with Gasteiger partial charge in [0.1, 0.15) is 23.9 Å². The van der Waals surface area contributed by atoms with Crippen LogP contribution in [0.15, 0.2) is 54.6 Å². The number of rotatable bonds is 14. The summed E-state index contributed by atoms with van der Waals surface area (Å²) in [6.07, 6.45) is 0.270. The SMILES string of the molecule is C[C@@H](NC(=O)[C@@H](N)Cc1ccc(O)cc1)C(=O)NCC(=O)N(C)[C@@H](Cc1ccccc1)C(=O)N[C@@H](CO)C(N)=O. The third-order valence-electron chi connectivity index (χ3n) is 6.17. The summed E-state index contributed by atoms with van der Waals surface area (Å²) < 4.78 is 0. The van der Waals surface area contributed by atoms with Gasteiger partial charge in [-0.3, -0.25) is 24.0 Å². The minimum absolute atomic E-state index is 0.0827. The normalized spacial score (nSPS) is 13.7. The molecule has 0 heterocycles. The van der Waals surface area contributed by atoms with Crippen LogP contribution in [0, 0.1) is 0 Å². The second-order valence-corrected chi connectivity index (χ2v) is 9.28. The number of aliphatic hydroxyl groups is 1. The van der Waals surface area contributed by atoms with Crippen LogP contribution in [0.1, 0.15) is 18.1 Å². The fourth-order valence-corrected chi connectivity index (χ4v) is 3.70. The minimum Gasteiger partial charge on any atom is -0.508 e. The van der Waals surface area contributed by atoms with Gasteiger partial charge in [-0.25, -0.2) is 0 Å². The molecule has 0 unspecified atom stereocenters. The molecule has 0 bridgehead atoms. The van der Waals surface area contributed by atoms with Crippen LogP contribution in [0.5, 0.6) is 5.75 Å². The first-order valence-electron chi connectivity index (χ1n) is 12.5. The van der Waals surface area contributed by atoms with Gasteiger partial charge in [-0.05, 0) is 36.6 Å². The average Bonchev–Trinajstić information content (AvgIpc) is 2.93. The quantitative estimate of drug-likeness (QED) is 0.137. The lowest BCUT2D eigenvalue weighted by molar-refractivity contribution is -0.140. The number of hydrogen-bond donors (Lipinski definition) is 7. The van der Waals surface area contributed by atoms with Crippen LogP contribution in [0.2, 0.25) is 0 Å². The van der Waals surface area contributed by atoms with E-state index in [-0.39, 0.29) is 18.6 Å². The first-order valence-corrected chi connectivity index (χ1v) is 12.5. The van der Waals surface area contributed by atoms with E-state index in [0.29, 0.717) is 0 Å². The number of aliphatic hydroxyl groups excluding tert-OH is 1. The Kier molecular flexibility index (Phi) is 12.0. The average molecular weight is 557 g/mol. The van der Waals surface area contributed by atoms with Crippen LogP contribution in [0.25, 0.3) is 0 Å². The molecule has 0 aliphatic heterocycles. The molecule has 13 nitrogen and oxygen atoms in total. The van der Waals surface area contributed by atoms with Crippen molar-refractivity contribution in [2.24, 2.45) is 11.5 Å². The van der Waals surface area contributed by atoms with Gasteiger partial charge in [0.15, 0.2) is 0 Å². The van der Waals surface area contributed by atoms with Gasteiger partial charge in [0.05, 0.1) is 19.2 Å². The number of aromatic hydroxyl groups is 1. The van der Waals surface area contributed by atoms with E-state index < -0.39 is 66.9 Å². The molecule has 0 radical (unpaired) electrons. The largest absolute Gasteiger partial charge is 0.508 e. The zero-order chi connectivity index (χ0) is 29.8. The maximum absolute atomic E-state index is 13.0. The Morgan fingerprint density at radius 2 is 1.48 bits per heavy atom. The molecule has 5 amide bonds. The van der Waals surface area contributed by atoms with Crippen LogP contribution in [-0.2, 0) is 36.8 Å². The van der Waals surface area contributed by atoms with Crippen LogP contribution in [0.3, 0.4) is 0 Å². The molecule has 2 aromatic carbocycles. The molecule has 0 aliphatic rings. The van der Waals surface area contributed by atoms with Gasteiger partial charge in [-0.15, -0.1) is 0 Å². The standard InChI is InChI=1S/C27H36N6O7/c1-16(31-26(39)20(28)12-18-8-10-19(35)11-9-18)25(38)30-14-23(36)33(2)22(13-17-6-4-3-5-7-17)27(40)32-21(15-34)24(29)37/h3-11,16,20-22,34-35H,12-15,28H2,1-2H3,(H2,29,37)(H,30,38)(H,31,39)(H,32,40)/t16-,20+,21+,22+/m1/s1. The van der Waals surface area contributed by atoms with Gasteiger partial charge < -0.3 is 42.5 Å². The first kappa shape index (κ1) is 31.7. The van der Waals surface area contributed by atoms with E-state index in [1.165, 1.54) is 26.1 Å². The molecule has 0 aromatic heterocycles. The summed E-state index contributed by atoms with van der Waals surface area (Å²) in [7, 11) is 1.37. The molecule has 0 spiro atoms. The molecular weight excluding hydrogens is 520 g/mol. The summed E-state index contributed by atoms with van der Waals surface area (Å²) in [5.74, 6) is -3.41. The molecule has 9 N–H and O–H groups in total. The molecule has 4 atom stereocenters. The molecule has 13 heteroatoms. The van der Waals surface area contributed by atoms with Gasteiger partial charge >= 0.3 is 0 Å². The number of hydrogen-bond acceptors (Lipinski definition) is 8. The van der Waals surface area contributed by atoms with E-state index in [9.17, 15) is 34.2 Å². The number of primary amides is 1. The molecule has 216 valence electrons. The third kappa shape index (κ3) is 9.67. The first-order chi connectivity index (χ1) is 18.9. The van der Waals surface area contributed by atoms with Crippen molar-refractivity contribution in [1.82, 2.24) is 20.9 Å². The number of amides is 5. The van der Waals surface area contributed by atoms with Gasteiger partial charge in [0.25, 0.3) is 0 Å². The summed E-state index contributed by atoms with van der Waals surface area (Å²) in [5, 5.41) is 26.0. The maximum atomic E-state index is 13.0. The molecule has 2 aromatic rings. The Morgan fingerprint density at radius 3 is 2.05 bits per heavy atom. The van der Waals surface area contributed by atoms with E-state index in [0.717, 1.165) is 16.0 Å². The number of phenols is 1. The Hall–Kier alpha value is -4.49. The van der Waals surface area contributed by atoms with Crippen molar-refractivity contribution in [3.05, 3.63) is 65.7 Å². The summed E-state index contributed by atoms with van der Waals surface area (Å²) in [6.45, 7) is 0.237.